The third kappa shape index (κ3) is 4.31. The number of rotatable bonds is 7. The van der Waals surface area contributed by atoms with Crippen molar-refractivity contribution < 1.29 is 13.9 Å². The molecule has 9 heteroatoms. The Bertz CT molecular complexity index is 1310. The molecule has 0 fully saturated rings. The van der Waals surface area contributed by atoms with E-state index in [0.717, 1.165) is 0 Å². The second-order valence-corrected chi connectivity index (χ2v) is 7.41. The van der Waals surface area contributed by atoms with Crippen molar-refractivity contribution in [2.45, 2.75) is 26.4 Å². The Morgan fingerprint density at radius 3 is 2.87 bits per heavy atom. The predicted molar refractivity (Wildman–Crippen MR) is 115 cm³/mol. The second kappa shape index (κ2) is 8.65. The van der Waals surface area contributed by atoms with E-state index in [1.807, 2.05) is 13.8 Å². The number of benzene rings is 2. The Balaban J connectivity index is 1.66. The number of H-pyrrole nitrogens is 1. The van der Waals surface area contributed by atoms with Gasteiger partial charge in [0.15, 0.2) is 5.65 Å². The van der Waals surface area contributed by atoms with Gasteiger partial charge in [0.2, 0.25) is 0 Å². The Labute approximate surface area is 177 Å². The lowest BCUT2D eigenvalue weighted by atomic mass is 10.1. The zero-order valence-corrected chi connectivity index (χ0v) is 17.2. The fraction of sp³-hybridized carbons (Fsp3) is 0.273. The molecule has 160 valence electrons. The first kappa shape index (κ1) is 20.7. The topological polar surface area (TPSA) is 101 Å². The van der Waals surface area contributed by atoms with E-state index >= 15 is 0 Å². The number of aromatic amines is 1. The summed E-state index contributed by atoms with van der Waals surface area (Å²) in [5, 5.41) is 10.2. The molecule has 8 nitrogen and oxygen atoms in total. The highest BCUT2D eigenvalue weighted by Crippen LogP contribution is 2.23. The largest absolute Gasteiger partial charge is 0.379 e. The van der Waals surface area contributed by atoms with Crippen LogP contribution in [0.1, 0.15) is 30.6 Å². The minimum Gasteiger partial charge on any atom is -0.379 e. The highest BCUT2D eigenvalue weighted by Gasteiger charge is 2.16. The molecular formula is C22H22FN5O3. The summed E-state index contributed by atoms with van der Waals surface area (Å²) in [6, 6.07) is 10.6. The van der Waals surface area contributed by atoms with Gasteiger partial charge in [-0.2, -0.15) is 10.1 Å². The molecule has 0 radical (unpaired) electrons. The van der Waals surface area contributed by atoms with Gasteiger partial charge in [-0.1, -0.05) is 12.1 Å². The number of nitrogens with one attached hydrogen (secondary N) is 2. The fourth-order valence-electron chi connectivity index (χ4n) is 3.29. The quantitative estimate of drug-likeness (QED) is 0.445. The summed E-state index contributed by atoms with van der Waals surface area (Å²) < 4.78 is 20.6. The average molecular weight is 423 g/mol. The van der Waals surface area contributed by atoms with E-state index in [1.165, 1.54) is 16.6 Å². The van der Waals surface area contributed by atoms with Crippen LogP contribution >= 0.6 is 0 Å². The highest BCUT2D eigenvalue weighted by molar-refractivity contribution is 5.98. The number of aromatic nitrogens is 4. The number of carbonyl (C=O) groups is 1. The molecule has 0 spiro atoms. The average Bonchev–Trinajstić information content (AvgIpc) is 3.17. The number of ether oxygens (including phenoxy) is 1. The van der Waals surface area contributed by atoms with E-state index in [1.54, 1.807) is 30.3 Å². The molecule has 4 rings (SSSR count). The SMILES string of the molecule is CC(C)OCCCNC(=O)c1ccc2c(=O)nc3c(-c4cccc(F)c4)n[nH]n3c2c1. The van der Waals surface area contributed by atoms with Gasteiger partial charge in [-0.25, -0.2) is 14.1 Å². The van der Waals surface area contributed by atoms with Gasteiger partial charge in [0.25, 0.3) is 11.5 Å². The molecule has 1 amide bonds. The molecule has 4 aromatic rings. The minimum absolute atomic E-state index is 0.150. The van der Waals surface area contributed by atoms with Crippen LogP contribution in [0.2, 0.25) is 0 Å². The first-order valence-corrected chi connectivity index (χ1v) is 10.0. The van der Waals surface area contributed by atoms with Crippen molar-refractivity contribution in [1.29, 1.82) is 0 Å². The maximum atomic E-state index is 13.6. The molecule has 2 heterocycles. The van der Waals surface area contributed by atoms with E-state index in [-0.39, 0.29) is 17.7 Å². The normalized spacial score (nSPS) is 11.5. The Morgan fingerprint density at radius 1 is 1.26 bits per heavy atom. The number of amides is 1. The summed E-state index contributed by atoms with van der Waals surface area (Å²) in [7, 11) is 0. The Morgan fingerprint density at radius 2 is 2.10 bits per heavy atom. The lowest BCUT2D eigenvalue weighted by Crippen LogP contribution is -2.25. The highest BCUT2D eigenvalue weighted by atomic mass is 19.1. The van der Waals surface area contributed by atoms with Crippen molar-refractivity contribution in [3.8, 4) is 11.3 Å². The summed E-state index contributed by atoms with van der Waals surface area (Å²) in [5.74, 6) is -0.672. The van der Waals surface area contributed by atoms with Gasteiger partial charge in [0.1, 0.15) is 11.5 Å². The maximum absolute atomic E-state index is 13.6. The first-order chi connectivity index (χ1) is 14.9. The van der Waals surface area contributed by atoms with E-state index in [4.69, 9.17) is 4.74 Å². The van der Waals surface area contributed by atoms with Crippen LogP contribution in [0.3, 0.4) is 0 Å². The number of fused-ring (bicyclic) bond motifs is 3. The van der Waals surface area contributed by atoms with Crippen LogP contribution in [0.5, 0.6) is 0 Å². The molecule has 2 aromatic heterocycles. The van der Waals surface area contributed by atoms with Crippen LogP contribution in [0, 0.1) is 5.82 Å². The summed E-state index contributed by atoms with van der Waals surface area (Å²) >= 11 is 0. The third-order valence-electron chi connectivity index (χ3n) is 4.78. The molecular weight excluding hydrogens is 401 g/mol. The van der Waals surface area contributed by atoms with Gasteiger partial charge in [-0.05, 0) is 50.6 Å². The molecule has 2 N–H and O–H groups in total. The van der Waals surface area contributed by atoms with E-state index in [0.29, 0.717) is 47.3 Å². The summed E-state index contributed by atoms with van der Waals surface area (Å²) in [4.78, 5) is 29.2. The number of nitrogens with zero attached hydrogens (tertiary/aromatic N) is 3. The smallest absolute Gasteiger partial charge is 0.281 e. The number of halogens is 1. The van der Waals surface area contributed by atoms with Crippen molar-refractivity contribution in [2.75, 3.05) is 13.2 Å². The molecule has 0 aliphatic rings. The van der Waals surface area contributed by atoms with Crippen molar-refractivity contribution in [3.63, 3.8) is 0 Å². The molecule has 2 aromatic carbocycles. The molecule has 0 aliphatic heterocycles. The second-order valence-electron chi connectivity index (χ2n) is 7.41. The number of hydrogen-bond acceptors (Lipinski definition) is 5. The van der Waals surface area contributed by atoms with Gasteiger partial charge in [-0.3, -0.25) is 9.59 Å². The van der Waals surface area contributed by atoms with Crippen molar-refractivity contribution in [1.82, 2.24) is 25.1 Å². The molecule has 31 heavy (non-hydrogen) atoms. The van der Waals surface area contributed by atoms with E-state index < -0.39 is 11.4 Å². The zero-order chi connectivity index (χ0) is 22.0. The van der Waals surface area contributed by atoms with Crippen LogP contribution in [0.4, 0.5) is 4.39 Å². The Kier molecular flexibility index (Phi) is 5.77. The lowest BCUT2D eigenvalue weighted by Gasteiger charge is -2.09. The molecule has 0 atom stereocenters. The summed E-state index contributed by atoms with van der Waals surface area (Å²) in [6.45, 7) is 4.96. The third-order valence-corrected chi connectivity index (χ3v) is 4.78. The van der Waals surface area contributed by atoms with Crippen molar-refractivity contribution in [2.24, 2.45) is 0 Å². The number of carbonyl (C=O) groups excluding carboxylic acids is 1. The lowest BCUT2D eigenvalue weighted by molar-refractivity contribution is 0.0757. The first-order valence-electron chi connectivity index (χ1n) is 10.0. The molecule has 0 saturated carbocycles. The van der Waals surface area contributed by atoms with Crippen LogP contribution in [-0.2, 0) is 4.74 Å². The van der Waals surface area contributed by atoms with Crippen LogP contribution in [0.25, 0.3) is 27.8 Å². The molecule has 0 saturated heterocycles. The van der Waals surface area contributed by atoms with Crippen molar-refractivity contribution in [3.05, 3.63) is 64.2 Å². The summed E-state index contributed by atoms with van der Waals surface area (Å²) in [6.07, 6.45) is 0.847. The summed E-state index contributed by atoms with van der Waals surface area (Å²) in [5.41, 5.74) is 1.50. The standard InChI is InChI=1S/C22H22FN5O3/c1-13(2)31-10-4-9-24-21(29)15-7-8-17-18(12-15)28-20(25-22(17)30)19(26-27-28)14-5-3-6-16(23)11-14/h3,5-8,11-13,27H,4,9-10H2,1-2H3,(H,24,29). The van der Waals surface area contributed by atoms with Crippen LogP contribution < -0.4 is 10.9 Å². The van der Waals surface area contributed by atoms with Gasteiger partial charge in [0, 0.05) is 24.3 Å². The van der Waals surface area contributed by atoms with Gasteiger partial charge >= 0.3 is 0 Å². The maximum Gasteiger partial charge on any atom is 0.281 e. The monoisotopic (exact) mass is 423 g/mol. The molecule has 0 bridgehead atoms. The van der Waals surface area contributed by atoms with E-state index in [2.05, 4.69) is 20.6 Å². The van der Waals surface area contributed by atoms with Gasteiger partial charge in [0.05, 0.1) is 17.0 Å². The van der Waals surface area contributed by atoms with Gasteiger partial charge in [-0.15, -0.1) is 0 Å². The zero-order valence-electron chi connectivity index (χ0n) is 17.2. The van der Waals surface area contributed by atoms with E-state index in [9.17, 15) is 14.0 Å². The Hall–Kier alpha value is -3.59. The number of hydrogen-bond donors (Lipinski definition) is 2. The van der Waals surface area contributed by atoms with Crippen LogP contribution in [-0.4, -0.2) is 45.0 Å². The fourth-order valence-corrected chi connectivity index (χ4v) is 3.29. The molecule has 0 unspecified atom stereocenters. The molecule has 0 aliphatic carbocycles. The predicted octanol–water partition coefficient (Wildman–Crippen LogP) is 2.92. The van der Waals surface area contributed by atoms with Crippen molar-refractivity contribution >= 4 is 22.5 Å². The minimum atomic E-state index is -0.452. The van der Waals surface area contributed by atoms with Crippen LogP contribution in [0.15, 0.2) is 47.3 Å². The van der Waals surface area contributed by atoms with Gasteiger partial charge < -0.3 is 10.1 Å².